The zero-order valence-corrected chi connectivity index (χ0v) is 16.7. The number of rotatable bonds is 3. The monoisotopic (exact) mass is 369 g/mol. The first kappa shape index (κ1) is 19.0. The Morgan fingerprint density at radius 2 is 0.630 bits per heavy atom. The Bertz CT molecular complexity index is 799. The van der Waals surface area contributed by atoms with Crippen molar-refractivity contribution in [1.82, 2.24) is 0 Å². The molecule has 27 heavy (non-hydrogen) atoms. The molecule has 0 aromatic heterocycles. The van der Waals surface area contributed by atoms with Gasteiger partial charge in [-0.3, -0.25) is 0 Å². The molecule has 0 N–H and O–H groups in total. The van der Waals surface area contributed by atoms with Crippen LogP contribution < -0.4 is 0 Å². The Hall–Kier alpha value is -2.77. The van der Waals surface area contributed by atoms with E-state index in [1.165, 1.54) is 25.8 Å². The van der Waals surface area contributed by atoms with E-state index in [1.54, 1.807) is 0 Å². The fraction of sp³-hybridized carbons (Fsp3) is 0.0769. The van der Waals surface area contributed by atoms with Gasteiger partial charge in [-0.25, -0.2) is 0 Å². The Morgan fingerprint density at radius 3 is 0.889 bits per heavy atom. The standard InChI is InChI=1S/C18H15S.C8H10/c1-4-10-16(11-5-1)19(17-12-6-2-7-13-17)18-14-8-3-9-15-18;1-7-3-5-8(2)6-4-7/h1-15H;3-6H,1-2H3/q+1;. The minimum absolute atomic E-state index is 0.0146. The predicted molar refractivity (Wildman–Crippen MR) is 117 cm³/mol. The summed E-state index contributed by atoms with van der Waals surface area (Å²) in [5, 5.41) is 0. The van der Waals surface area contributed by atoms with Crippen LogP contribution in [-0.2, 0) is 10.9 Å². The molecular weight excluding hydrogens is 344 g/mol. The maximum atomic E-state index is 2.21. The fourth-order valence-corrected chi connectivity index (χ4v) is 4.82. The average Bonchev–Trinajstić information content (AvgIpc) is 2.73. The number of aryl methyl sites for hydroxylation is 2. The Balaban J connectivity index is 0.000000221. The van der Waals surface area contributed by atoms with E-state index in [1.807, 2.05) is 0 Å². The van der Waals surface area contributed by atoms with E-state index in [9.17, 15) is 0 Å². The van der Waals surface area contributed by atoms with Gasteiger partial charge >= 0.3 is 0 Å². The van der Waals surface area contributed by atoms with Crippen LogP contribution in [0.1, 0.15) is 11.1 Å². The maximum Gasteiger partial charge on any atom is 0.166 e. The SMILES string of the molecule is Cc1ccc(C)cc1.c1ccc([S+](c2ccccc2)c2ccccc2)cc1. The molecule has 0 aliphatic heterocycles. The molecule has 0 amide bonds. The number of hydrogen-bond donors (Lipinski definition) is 0. The third-order valence-electron chi connectivity index (χ3n) is 4.15. The van der Waals surface area contributed by atoms with E-state index >= 15 is 0 Å². The van der Waals surface area contributed by atoms with Crippen molar-refractivity contribution >= 4 is 10.9 Å². The highest BCUT2D eigenvalue weighted by molar-refractivity contribution is 7.97. The quantitative estimate of drug-likeness (QED) is 0.338. The molecule has 0 fully saturated rings. The van der Waals surface area contributed by atoms with Gasteiger partial charge in [0.25, 0.3) is 0 Å². The van der Waals surface area contributed by atoms with Crippen molar-refractivity contribution in [3.05, 3.63) is 126 Å². The first-order valence-corrected chi connectivity index (χ1v) is 10.4. The predicted octanol–water partition coefficient (Wildman–Crippen LogP) is 7.09. The van der Waals surface area contributed by atoms with E-state index in [-0.39, 0.29) is 10.9 Å². The van der Waals surface area contributed by atoms with Crippen LogP contribution >= 0.6 is 0 Å². The van der Waals surface area contributed by atoms with Gasteiger partial charge in [-0.1, -0.05) is 90.0 Å². The van der Waals surface area contributed by atoms with E-state index < -0.39 is 0 Å². The lowest BCUT2D eigenvalue weighted by atomic mass is 10.2. The Kier molecular flexibility index (Phi) is 6.90. The number of benzene rings is 4. The average molecular weight is 370 g/mol. The fourth-order valence-electron chi connectivity index (χ4n) is 2.71. The molecule has 0 nitrogen and oxygen atoms in total. The third kappa shape index (κ3) is 5.60. The molecule has 0 bridgehead atoms. The van der Waals surface area contributed by atoms with E-state index in [4.69, 9.17) is 0 Å². The molecule has 4 aromatic carbocycles. The van der Waals surface area contributed by atoms with Crippen molar-refractivity contribution in [1.29, 1.82) is 0 Å². The molecule has 0 spiro atoms. The summed E-state index contributed by atoms with van der Waals surface area (Å²) >= 11 is 0. The van der Waals surface area contributed by atoms with Gasteiger partial charge in [-0.2, -0.15) is 0 Å². The summed E-state index contributed by atoms with van der Waals surface area (Å²) in [6.45, 7) is 4.19. The minimum Gasteiger partial charge on any atom is -0.0619 e. The smallest absolute Gasteiger partial charge is 0.0619 e. The summed E-state index contributed by atoms with van der Waals surface area (Å²) in [5.74, 6) is 0. The van der Waals surface area contributed by atoms with E-state index in [2.05, 4.69) is 129 Å². The first-order valence-electron chi connectivity index (χ1n) is 9.17. The van der Waals surface area contributed by atoms with Crippen molar-refractivity contribution in [3.63, 3.8) is 0 Å². The van der Waals surface area contributed by atoms with Gasteiger partial charge in [-0.05, 0) is 50.2 Å². The molecule has 4 aromatic rings. The van der Waals surface area contributed by atoms with Gasteiger partial charge in [0, 0.05) is 0 Å². The molecule has 4 rings (SSSR count). The van der Waals surface area contributed by atoms with Gasteiger partial charge in [0.05, 0.1) is 10.9 Å². The molecule has 0 aliphatic rings. The second-order valence-electron chi connectivity index (χ2n) is 6.40. The second-order valence-corrected chi connectivity index (χ2v) is 8.43. The summed E-state index contributed by atoms with van der Waals surface area (Å²) in [7, 11) is -0.0146. The highest BCUT2D eigenvalue weighted by Gasteiger charge is 2.27. The molecule has 1 heteroatoms. The van der Waals surface area contributed by atoms with E-state index in [0.717, 1.165) is 0 Å². The van der Waals surface area contributed by atoms with Crippen molar-refractivity contribution < 1.29 is 0 Å². The Labute approximate surface area is 165 Å². The van der Waals surface area contributed by atoms with Crippen LogP contribution in [0.3, 0.4) is 0 Å². The Morgan fingerprint density at radius 1 is 0.370 bits per heavy atom. The molecule has 0 saturated heterocycles. The largest absolute Gasteiger partial charge is 0.166 e. The van der Waals surface area contributed by atoms with E-state index in [0.29, 0.717) is 0 Å². The van der Waals surface area contributed by atoms with Crippen LogP contribution in [0.25, 0.3) is 0 Å². The van der Waals surface area contributed by atoms with Crippen LogP contribution in [0.2, 0.25) is 0 Å². The van der Waals surface area contributed by atoms with Gasteiger partial charge in [0.2, 0.25) is 0 Å². The lowest BCUT2D eigenvalue weighted by Crippen LogP contribution is -2.04. The third-order valence-corrected chi connectivity index (χ3v) is 6.39. The van der Waals surface area contributed by atoms with Crippen LogP contribution in [-0.4, -0.2) is 0 Å². The lowest BCUT2D eigenvalue weighted by Gasteiger charge is -2.07. The normalized spacial score (nSPS) is 10.2. The maximum absolute atomic E-state index is 2.21. The zero-order chi connectivity index (χ0) is 18.9. The molecular formula is C26H25S+. The van der Waals surface area contributed by atoms with Crippen LogP contribution in [0.4, 0.5) is 0 Å². The van der Waals surface area contributed by atoms with Crippen LogP contribution in [0.5, 0.6) is 0 Å². The summed E-state index contributed by atoms with van der Waals surface area (Å²) in [6.07, 6.45) is 0. The number of hydrogen-bond acceptors (Lipinski definition) is 0. The molecule has 0 saturated carbocycles. The van der Waals surface area contributed by atoms with Crippen molar-refractivity contribution in [2.45, 2.75) is 28.5 Å². The van der Waals surface area contributed by atoms with Crippen molar-refractivity contribution in [2.24, 2.45) is 0 Å². The van der Waals surface area contributed by atoms with Gasteiger partial charge in [0.15, 0.2) is 14.7 Å². The lowest BCUT2D eigenvalue weighted by molar-refractivity contribution is 1.32. The molecule has 0 aliphatic carbocycles. The first-order chi connectivity index (χ1) is 13.2. The van der Waals surface area contributed by atoms with Crippen molar-refractivity contribution in [2.75, 3.05) is 0 Å². The summed E-state index contributed by atoms with van der Waals surface area (Å²) in [4.78, 5) is 4.08. The second kappa shape index (κ2) is 9.80. The van der Waals surface area contributed by atoms with Crippen molar-refractivity contribution in [3.8, 4) is 0 Å². The topological polar surface area (TPSA) is 0 Å². The summed E-state index contributed by atoms with van der Waals surface area (Å²) < 4.78 is 0. The van der Waals surface area contributed by atoms with Crippen LogP contribution in [0, 0.1) is 13.8 Å². The van der Waals surface area contributed by atoms with Gasteiger partial charge in [0.1, 0.15) is 0 Å². The highest BCUT2D eigenvalue weighted by Crippen LogP contribution is 2.30. The minimum atomic E-state index is -0.0146. The summed E-state index contributed by atoms with van der Waals surface area (Å²) in [5.41, 5.74) is 2.66. The molecule has 0 atom stereocenters. The molecule has 134 valence electrons. The zero-order valence-electron chi connectivity index (χ0n) is 15.9. The molecule has 0 radical (unpaired) electrons. The van der Waals surface area contributed by atoms with Crippen LogP contribution in [0.15, 0.2) is 130 Å². The van der Waals surface area contributed by atoms with Gasteiger partial charge < -0.3 is 0 Å². The highest BCUT2D eigenvalue weighted by atomic mass is 32.2. The molecule has 0 unspecified atom stereocenters. The van der Waals surface area contributed by atoms with Gasteiger partial charge in [-0.15, -0.1) is 0 Å². The molecule has 0 heterocycles. The summed E-state index contributed by atoms with van der Waals surface area (Å²) in [6, 6.07) is 40.6.